The number of benzene rings is 1. The van der Waals surface area contributed by atoms with Crippen LogP contribution < -0.4 is 15.4 Å². The van der Waals surface area contributed by atoms with E-state index in [0.717, 1.165) is 25.1 Å². The highest BCUT2D eigenvalue weighted by molar-refractivity contribution is 6.32. The van der Waals surface area contributed by atoms with Crippen molar-refractivity contribution in [2.75, 3.05) is 25.6 Å². The molecule has 0 spiro atoms. The monoisotopic (exact) mass is 361 g/mol. The zero-order valence-corrected chi connectivity index (χ0v) is 14.7. The minimum absolute atomic E-state index is 0.111. The van der Waals surface area contributed by atoms with Crippen LogP contribution in [-0.4, -0.2) is 37.3 Å². The van der Waals surface area contributed by atoms with Crippen molar-refractivity contribution in [3.63, 3.8) is 0 Å². The van der Waals surface area contributed by atoms with Gasteiger partial charge in [-0.3, -0.25) is 9.78 Å². The highest BCUT2D eigenvalue weighted by Gasteiger charge is 2.17. The maximum atomic E-state index is 12.3. The molecule has 1 saturated heterocycles. The number of hydrogen-bond acceptors (Lipinski definition) is 5. The molecule has 0 radical (unpaired) electrons. The first-order valence-electron chi connectivity index (χ1n) is 8.11. The molecule has 0 bridgehead atoms. The smallest absolute Gasteiger partial charge is 0.253 e. The summed E-state index contributed by atoms with van der Waals surface area (Å²) in [5, 5.41) is 6.57. The van der Waals surface area contributed by atoms with E-state index in [-0.39, 0.29) is 12.0 Å². The highest BCUT2D eigenvalue weighted by atomic mass is 35.5. The molecule has 2 N–H and O–H groups in total. The predicted octanol–water partition coefficient (Wildman–Crippen LogP) is 3.40. The Labute approximate surface area is 151 Å². The quantitative estimate of drug-likeness (QED) is 0.825. The fourth-order valence-corrected chi connectivity index (χ4v) is 2.91. The van der Waals surface area contributed by atoms with Crippen LogP contribution in [0.15, 0.2) is 36.7 Å². The molecule has 132 valence electrons. The van der Waals surface area contributed by atoms with Crippen LogP contribution in [0.3, 0.4) is 0 Å². The number of ether oxygens (including phenoxy) is 2. The van der Waals surface area contributed by atoms with Crippen LogP contribution >= 0.6 is 11.6 Å². The van der Waals surface area contributed by atoms with Gasteiger partial charge in [0.2, 0.25) is 0 Å². The Morgan fingerprint density at radius 1 is 1.36 bits per heavy atom. The number of nitrogens with one attached hydrogen (secondary N) is 2. The van der Waals surface area contributed by atoms with Gasteiger partial charge in [-0.15, -0.1) is 0 Å². The Hall–Kier alpha value is -2.31. The zero-order valence-electron chi connectivity index (χ0n) is 13.9. The lowest BCUT2D eigenvalue weighted by Gasteiger charge is -2.12. The number of anilines is 2. The zero-order chi connectivity index (χ0) is 17.6. The Balaban J connectivity index is 1.64. The van der Waals surface area contributed by atoms with E-state index in [2.05, 4.69) is 15.6 Å². The molecule has 1 unspecified atom stereocenters. The van der Waals surface area contributed by atoms with E-state index in [0.29, 0.717) is 28.6 Å². The number of methoxy groups -OCH3 is 1. The number of hydrogen-bond donors (Lipinski definition) is 2. The van der Waals surface area contributed by atoms with Crippen molar-refractivity contribution in [1.82, 2.24) is 10.3 Å². The van der Waals surface area contributed by atoms with E-state index in [1.54, 1.807) is 31.5 Å². The second-order valence-corrected chi connectivity index (χ2v) is 6.19. The predicted molar refractivity (Wildman–Crippen MR) is 96.8 cm³/mol. The van der Waals surface area contributed by atoms with Crippen molar-refractivity contribution in [3.05, 3.63) is 47.2 Å². The topological polar surface area (TPSA) is 72.5 Å². The molecule has 6 nitrogen and oxygen atoms in total. The number of carbonyl (C=O) groups is 1. The molecule has 0 saturated carbocycles. The maximum absolute atomic E-state index is 12.3. The Morgan fingerprint density at radius 2 is 2.24 bits per heavy atom. The second kappa shape index (κ2) is 8.18. The van der Waals surface area contributed by atoms with E-state index < -0.39 is 0 Å². The number of halogens is 1. The van der Waals surface area contributed by atoms with Gasteiger partial charge in [-0.1, -0.05) is 11.6 Å². The van der Waals surface area contributed by atoms with Crippen molar-refractivity contribution in [1.29, 1.82) is 0 Å². The third-order valence-corrected chi connectivity index (χ3v) is 4.25. The normalized spacial score (nSPS) is 16.5. The molecule has 1 aliphatic rings. The lowest BCUT2D eigenvalue weighted by Crippen LogP contribution is -2.31. The summed E-state index contributed by atoms with van der Waals surface area (Å²) in [6.45, 7) is 1.29. The Kier molecular flexibility index (Phi) is 5.73. The summed E-state index contributed by atoms with van der Waals surface area (Å²) in [5.41, 5.74) is 1.97. The van der Waals surface area contributed by atoms with Crippen LogP contribution in [0, 0.1) is 0 Å². The summed E-state index contributed by atoms with van der Waals surface area (Å²) in [7, 11) is 1.57. The average molecular weight is 362 g/mol. The van der Waals surface area contributed by atoms with Gasteiger partial charge in [0.25, 0.3) is 5.91 Å². The summed E-state index contributed by atoms with van der Waals surface area (Å²) in [4.78, 5) is 16.4. The number of aromatic nitrogens is 1. The number of amides is 1. The summed E-state index contributed by atoms with van der Waals surface area (Å²) < 4.78 is 10.6. The second-order valence-electron chi connectivity index (χ2n) is 5.78. The fourth-order valence-electron chi connectivity index (χ4n) is 2.66. The van der Waals surface area contributed by atoms with Gasteiger partial charge in [0, 0.05) is 25.0 Å². The van der Waals surface area contributed by atoms with Gasteiger partial charge in [0.05, 0.1) is 35.7 Å². The van der Waals surface area contributed by atoms with Gasteiger partial charge in [-0.2, -0.15) is 0 Å². The maximum Gasteiger partial charge on any atom is 0.253 e. The lowest BCUT2D eigenvalue weighted by atomic mass is 10.2. The van der Waals surface area contributed by atoms with E-state index in [9.17, 15) is 4.79 Å². The summed E-state index contributed by atoms with van der Waals surface area (Å²) in [6, 6.07) is 7.12. The van der Waals surface area contributed by atoms with Crippen LogP contribution in [0.4, 0.5) is 11.4 Å². The molecule has 25 heavy (non-hydrogen) atoms. The van der Waals surface area contributed by atoms with Gasteiger partial charge < -0.3 is 20.1 Å². The summed E-state index contributed by atoms with van der Waals surface area (Å²) in [6.07, 6.45) is 5.33. The van der Waals surface area contributed by atoms with Crippen LogP contribution in [0.2, 0.25) is 5.02 Å². The molecule has 3 rings (SSSR count). The first-order valence-corrected chi connectivity index (χ1v) is 8.49. The summed E-state index contributed by atoms with van der Waals surface area (Å²) >= 11 is 6.12. The van der Waals surface area contributed by atoms with Gasteiger partial charge >= 0.3 is 0 Å². The number of nitrogens with zero attached hydrogens (tertiary/aromatic N) is 1. The van der Waals surface area contributed by atoms with Crippen molar-refractivity contribution in [2.45, 2.75) is 18.9 Å². The molecule has 2 aromatic rings. The van der Waals surface area contributed by atoms with E-state index in [1.165, 1.54) is 6.20 Å². The standard InChI is InChI=1S/C18H20ClN3O3/c1-24-17-5-4-13(8-16(17)19)22-14-7-12(9-20-10-14)18(23)21-11-15-3-2-6-25-15/h4-5,7-10,15,22H,2-3,6,11H2,1H3,(H,21,23). The van der Waals surface area contributed by atoms with Crippen LogP contribution in [0.5, 0.6) is 5.75 Å². The molecule has 1 aromatic carbocycles. The molecule has 1 atom stereocenters. The largest absolute Gasteiger partial charge is 0.495 e. The molecular formula is C18H20ClN3O3. The molecule has 1 fully saturated rings. The molecule has 0 aliphatic carbocycles. The van der Waals surface area contributed by atoms with Crippen LogP contribution in [0.1, 0.15) is 23.2 Å². The van der Waals surface area contributed by atoms with Crippen molar-refractivity contribution in [3.8, 4) is 5.75 Å². The van der Waals surface area contributed by atoms with Gasteiger partial charge in [0.1, 0.15) is 5.75 Å². The fraction of sp³-hybridized carbons (Fsp3) is 0.333. The Morgan fingerprint density at radius 3 is 2.96 bits per heavy atom. The Bertz CT molecular complexity index is 748. The van der Waals surface area contributed by atoms with Crippen LogP contribution in [-0.2, 0) is 4.74 Å². The SMILES string of the molecule is COc1ccc(Nc2cncc(C(=O)NCC3CCCO3)c2)cc1Cl. The third-order valence-electron chi connectivity index (χ3n) is 3.96. The molecule has 2 heterocycles. The molecule has 1 aliphatic heterocycles. The molecule has 7 heteroatoms. The van der Waals surface area contributed by atoms with E-state index in [1.807, 2.05) is 6.07 Å². The summed E-state index contributed by atoms with van der Waals surface area (Å²) in [5.74, 6) is 0.437. The average Bonchev–Trinajstić information content (AvgIpc) is 3.14. The molecular weight excluding hydrogens is 342 g/mol. The van der Waals surface area contributed by atoms with Crippen molar-refractivity contribution < 1.29 is 14.3 Å². The van der Waals surface area contributed by atoms with Gasteiger partial charge in [-0.05, 0) is 37.1 Å². The van der Waals surface area contributed by atoms with Gasteiger partial charge in [-0.25, -0.2) is 0 Å². The number of pyridine rings is 1. The first kappa shape index (κ1) is 17.5. The lowest BCUT2D eigenvalue weighted by molar-refractivity contribution is 0.0857. The minimum atomic E-state index is -0.167. The van der Waals surface area contributed by atoms with Gasteiger partial charge in [0.15, 0.2) is 0 Å². The van der Waals surface area contributed by atoms with E-state index in [4.69, 9.17) is 21.1 Å². The molecule has 1 amide bonds. The minimum Gasteiger partial charge on any atom is -0.495 e. The third kappa shape index (κ3) is 4.61. The molecule has 1 aromatic heterocycles. The highest BCUT2D eigenvalue weighted by Crippen LogP contribution is 2.28. The number of rotatable bonds is 6. The van der Waals surface area contributed by atoms with E-state index >= 15 is 0 Å². The number of carbonyl (C=O) groups excluding carboxylic acids is 1. The first-order chi connectivity index (χ1) is 12.2. The van der Waals surface area contributed by atoms with Crippen molar-refractivity contribution >= 4 is 28.9 Å². The van der Waals surface area contributed by atoms with Crippen LogP contribution in [0.25, 0.3) is 0 Å². The van der Waals surface area contributed by atoms with Crippen molar-refractivity contribution in [2.24, 2.45) is 0 Å².